The van der Waals surface area contributed by atoms with Crippen molar-refractivity contribution in [1.82, 2.24) is 0 Å². The molecule has 5 aliphatic rings. The molecular formula is C30H25NOS. The summed E-state index contributed by atoms with van der Waals surface area (Å²) in [5.41, 5.74) is 3.33. The van der Waals surface area contributed by atoms with Gasteiger partial charge in [-0.3, -0.25) is 0 Å². The van der Waals surface area contributed by atoms with Crippen LogP contribution in [0.25, 0.3) is 10.8 Å². The van der Waals surface area contributed by atoms with E-state index in [0.717, 1.165) is 34.7 Å². The molecule has 1 spiro atoms. The summed E-state index contributed by atoms with van der Waals surface area (Å²) < 4.78 is 6.75. The molecule has 1 saturated heterocycles. The Morgan fingerprint density at radius 3 is 2.88 bits per heavy atom. The number of hydrogen-bond acceptors (Lipinski definition) is 3. The summed E-state index contributed by atoms with van der Waals surface area (Å²) in [6.07, 6.45) is 26.3. The van der Waals surface area contributed by atoms with Gasteiger partial charge in [-0.1, -0.05) is 85.0 Å². The Kier molecular flexibility index (Phi) is 4.35. The van der Waals surface area contributed by atoms with Crippen LogP contribution in [0.15, 0.2) is 119 Å². The molecule has 33 heavy (non-hydrogen) atoms. The van der Waals surface area contributed by atoms with Crippen molar-refractivity contribution in [3.63, 3.8) is 0 Å². The third-order valence-electron chi connectivity index (χ3n) is 7.15. The summed E-state index contributed by atoms with van der Waals surface area (Å²) in [7, 11) is 0. The summed E-state index contributed by atoms with van der Waals surface area (Å²) in [4.78, 5) is 1.57. The van der Waals surface area contributed by atoms with Crippen molar-refractivity contribution in [3.8, 4) is 5.75 Å². The van der Waals surface area contributed by atoms with Crippen molar-refractivity contribution < 1.29 is 4.74 Å². The Bertz CT molecular complexity index is 1380. The second-order valence-corrected chi connectivity index (χ2v) is 10.9. The number of nitrogens with one attached hydrogen (secondary N) is 1. The van der Waals surface area contributed by atoms with Crippen molar-refractivity contribution in [3.05, 3.63) is 119 Å². The van der Waals surface area contributed by atoms with Crippen LogP contribution in [0.4, 0.5) is 5.69 Å². The van der Waals surface area contributed by atoms with Gasteiger partial charge < -0.3 is 10.1 Å². The van der Waals surface area contributed by atoms with Crippen LogP contribution in [0.5, 0.6) is 5.75 Å². The predicted octanol–water partition coefficient (Wildman–Crippen LogP) is 7.82. The number of allylic oxidation sites excluding steroid dienone is 10. The molecule has 2 aromatic carbocycles. The molecular weight excluding hydrogens is 422 g/mol. The van der Waals surface area contributed by atoms with Crippen LogP contribution in [-0.2, 0) is 0 Å². The highest BCUT2D eigenvalue weighted by Crippen LogP contribution is 2.55. The highest BCUT2D eigenvalue weighted by molar-refractivity contribution is 8.04. The van der Waals surface area contributed by atoms with E-state index in [-0.39, 0.29) is 10.7 Å². The van der Waals surface area contributed by atoms with E-state index in [9.17, 15) is 0 Å². The summed E-state index contributed by atoms with van der Waals surface area (Å²) in [5, 5.41) is 5.98. The van der Waals surface area contributed by atoms with Crippen LogP contribution >= 0.6 is 11.8 Å². The summed E-state index contributed by atoms with van der Waals surface area (Å²) >= 11 is 2.08. The zero-order valence-electron chi connectivity index (χ0n) is 18.3. The van der Waals surface area contributed by atoms with Crippen LogP contribution < -0.4 is 10.1 Å². The Balaban J connectivity index is 1.13. The molecule has 0 aromatic heterocycles. The molecule has 1 unspecified atom stereocenters. The van der Waals surface area contributed by atoms with Gasteiger partial charge >= 0.3 is 0 Å². The normalized spacial score (nSPS) is 27.5. The van der Waals surface area contributed by atoms with Crippen molar-refractivity contribution >= 4 is 28.2 Å². The molecule has 7 rings (SSSR count). The van der Waals surface area contributed by atoms with Gasteiger partial charge in [0.25, 0.3) is 0 Å². The lowest BCUT2D eigenvalue weighted by molar-refractivity contribution is 0.398. The average Bonchev–Trinajstić information content (AvgIpc) is 3.64. The van der Waals surface area contributed by atoms with Gasteiger partial charge in [0, 0.05) is 10.1 Å². The third kappa shape index (κ3) is 3.43. The fourth-order valence-electron chi connectivity index (χ4n) is 5.28. The first-order chi connectivity index (χ1) is 16.3. The lowest BCUT2D eigenvalue weighted by Gasteiger charge is -2.26. The van der Waals surface area contributed by atoms with E-state index >= 15 is 0 Å². The minimum absolute atomic E-state index is 0.244. The fraction of sp³-hybridized carbons (Fsp3) is 0.200. The monoisotopic (exact) mass is 447 g/mol. The number of ether oxygens (including phenoxy) is 1. The highest BCUT2D eigenvalue weighted by Gasteiger charge is 2.41. The van der Waals surface area contributed by atoms with E-state index in [2.05, 4.69) is 114 Å². The zero-order valence-corrected chi connectivity index (χ0v) is 19.1. The second kappa shape index (κ2) is 7.43. The van der Waals surface area contributed by atoms with Gasteiger partial charge in [0.05, 0.1) is 17.3 Å². The first-order valence-electron chi connectivity index (χ1n) is 11.8. The smallest absolute Gasteiger partial charge is 0.158 e. The van der Waals surface area contributed by atoms with Crippen molar-refractivity contribution in [2.75, 3.05) is 5.32 Å². The number of anilines is 1. The molecule has 0 radical (unpaired) electrons. The zero-order chi connectivity index (χ0) is 21.8. The average molecular weight is 448 g/mol. The number of rotatable bonds is 3. The maximum Gasteiger partial charge on any atom is 0.158 e. The summed E-state index contributed by atoms with van der Waals surface area (Å²) in [6, 6.07) is 12.7. The minimum Gasteiger partial charge on any atom is -0.456 e. The highest BCUT2D eigenvalue weighted by atomic mass is 32.2. The van der Waals surface area contributed by atoms with Crippen molar-refractivity contribution in [1.29, 1.82) is 0 Å². The Labute approximate surface area is 198 Å². The third-order valence-corrected chi connectivity index (χ3v) is 8.73. The molecule has 0 bridgehead atoms. The number of hydrogen-bond donors (Lipinski definition) is 1. The molecule has 3 aliphatic carbocycles. The van der Waals surface area contributed by atoms with Crippen LogP contribution in [-0.4, -0.2) is 4.75 Å². The molecule has 1 N–H and O–H groups in total. The molecule has 0 saturated carbocycles. The molecule has 0 amide bonds. The standard InChI is InChI=1S/C30H25NOS/c1-3-7-24-21(5-1)12-14-26-29(24)32-28(22-10-11-22)25(31-26)13-9-20-15-17-30(18-16-20)19-23-6-2-4-8-27(23)33-30/h1-5,7-17,22-23,31H,6,18-19H2/b13-9+/t23-,30?/m1/s1. The van der Waals surface area contributed by atoms with E-state index in [1.54, 1.807) is 4.91 Å². The van der Waals surface area contributed by atoms with Crippen LogP contribution in [0, 0.1) is 11.8 Å². The first kappa shape index (κ1) is 19.3. The van der Waals surface area contributed by atoms with Crippen LogP contribution in [0.3, 0.4) is 0 Å². The molecule has 162 valence electrons. The minimum atomic E-state index is 0.244. The van der Waals surface area contributed by atoms with Gasteiger partial charge in [-0.05, 0) is 53.2 Å². The van der Waals surface area contributed by atoms with E-state index in [0.29, 0.717) is 5.92 Å². The topological polar surface area (TPSA) is 21.3 Å². The SMILES string of the molecule is C1=CC[C@@H]2CC3(C=CC(/C=C/C4=C(C5C=C5)Oc5c(ccc6ccccc56)N4)=CC3)SC2=C1. The van der Waals surface area contributed by atoms with E-state index < -0.39 is 0 Å². The van der Waals surface area contributed by atoms with Gasteiger partial charge in [-0.15, -0.1) is 11.8 Å². The first-order valence-corrected chi connectivity index (χ1v) is 12.6. The lowest BCUT2D eigenvalue weighted by Crippen LogP contribution is -2.20. The van der Waals surface area contributed by atoms with E-state index in [1.165, 1.54) is 23.8 Å². The lowest BCUT2D eigenvalue weighted by atomic mass is 9.85. The van der Waals surface area contributed by atoms with Gasteiger partial charge in [0.2, 0.25) is 0 Å². The van der Waals surface area contributed by atoms with Crippen molar-refractivity contribution in [2.24, 2.45) is 11.8 Å². The molecule has 2 nitrogen and oxygen atoms in total. The Hall–Kier alpha value is -3.17. The molecule has 2 aliphatic heterocycles. The van der Waals surface area contributed by atoms with Gasteiger partial charge in [0.1, 0.15) is 5.76 Å². The predicted molar refractivity (Wildman–Crippen MR) is 139 cm³/mol. The number of benzene rings is 2. The molecule has 1 fully saturated rings. The summed E-state index contributed by atoms with van der Waals surface area (Å²) in [5.74, 6) is 2.91. The largest absolute Gasteiger partial charge is 0.456 e. The molecule has 2 atom stereocenters. The van der Waals surface area contributed by atoms with E-state index in [4.69, 9.17) is 4.74 Å². The van der Waals surface area contributed by atoms with E-state index in [1.807, 2.05) is 0 Å². The van der Waals surface area contributed by atoms with Crippen LogP contribution in [0.2, 0.25) is 0 Å². The molecule has 3 heteroatoms. The number of fused-ring (bicyclic) bond motifs is 4. The number of thioether (sulfide) groups is 1. The van der Waals surface area contributed by atoms with Gasteiger partial charge in [0.15, 0.2) is 5.75 Å². The maximum atomic E-state index is 6.50. The maximum absolute atomic E-state index is 6.50. The fourth-order valence-corrected chi connectivity index (χ4v) is 6.83. The van der Waals surface area contributed by atoms with Gasteiger partial charge in [-0.2, -0.15) is 0 Å². The Morgan fingerprint density at radius 1 is 1.09 bits per heavy atom. The molecule has 2 heterocycles. The quantitative estimate of drug-likeness (QED) is 0.485. The summed E-state index contributed by atoms with van der Waals surface area (Å²) in [6.45, 7) is 0. The Morgan fingerprint density at radius 2 is 2.03 bits per heavy atom. The second-order valence-electron chi connectivity index (χ2n) is 9.45. The molecule has 2 aromatic rings. The van der Waals surface area contributed by atoms with Gasteiger partial charge in [-0.25, -0.2) is 0 Å². The van der Waals surface area contributed by atoms with Crippen LogP contribution in [0.1, 0.15) is 19.3 Å². The van der Waals surface area contributed by atoms with Crippen molar-refractivity contribution in [2.45, 2.75) is 24.0 Å².